The highest BCUT2D eigenvalue weighted by Crippen LogP contribution is 2.37. The third-order valence-corrected chi connectivity index (χ3v) is 2.85. The number of halogens is 1. The fraction of sp³-hybridized carbons (Fsp3) is 0.300. The lowest BCUT2D eigenvalue weighted by Crippen LogP contribution is -2.40. The lowest BCUT2D eigenvalue weighted by Gasteiger charge is -2.17. The Balaban J connectivity index is 2.51. The molecule has 5 nitrogen and oxygen atoms in total. The molecule has 1 aromatic heterocycles. The average Bonchev–Trinajstić information content (AvgIpc) is 2.59. The van der Waals surface area contributed by atoms with Crippen LogP contribution in [0.2, 0.25) is 0 Å². The molecule has 0 atom stereocenters. The number of aliphatic carboxylic acids is 2. The number of pyridine rings is 1. The summed E-state index contributed by atoms with van der Waals surface area (Å²) in [5.41, 5.74) is -1.67. The maximum absolute atomic E-state index is 13.3. The minimum absolute atomic E-state index is 0.0901. The maximum Gasteiger partial charge on any atom is 0.321 e. The second-order valence-electron chi connectivity index (χ2n) is 3.76. The Kier molecular flexibility index (Phi) is 2.15. The first-order valence-electron chi connectivity index (χ1n) is 4.56. The molecule has 0 radical (unpaired) electrons. The van der Waals surface area contributed by atoms with Crippen molar-refractivity contribution in [1.29, 1.82) is 0 Å². The first-order chi connectivity index (χ1) is 7.47. The second kappa shape index (κ2) is 3.26. The van der Waals surface area contributed by atoms with Crippen LogP contribution in [0.15, 0.2) is 12.3 Å². The number of hydrogen-bond donors (Lipinski definition) is 2. The monoisotopic (exact) mass is 225 g/mol. The summed E-state index contributed by atoms with van der Waals surface area (Å²) in [6.07, 6.45) is 0.575. The highest BCUT2D eigenvalue weighted by molar-refractivity contribution is 5.99. The van der Waals surface area contributed by atoms with Crippen LogP contribution in [-0.4, -0.2) is 27.1 Å². The predicted octanol–water partition coefficient (Wildman–Crippen LogP) is 0.475. The van der Waals surface area contributed by atoms with Gasteiger partial charge in [0.2, 0.25) is 0 Å². The fourth-order valence-electron chi connectivity index (χ4n) is 1.89. The molecule has 84 valence electrons. The van der Waals surface area contributed by atoms with Gasteiger partial charge in [0.25, 0.3) is 0 Å². The highest BCUT2D eigenvalue weighted by Gasteiger charge is 2.52. The van der Waals surface area contributed by atoms with Crippen molar-refractivity contribution in [2.45, 2.75) is 12.8 Å². The van der Waals surface area contributed by atoms with Crippen LogP contribution in [0.25, 0.3) is 0 Å². The predicted molar refractivity (Wildman–Crippen MR) is 49.3 cm³/mol. The van der Waals surface area contributed by atoms with E-state index in [4.69, 9.17) is 10.2 Å². The molecule has 6 heteroatoms. The minimum atomic E-state index is -1.97. The summed E-state index contributed by atoms with van der Waals surface area (Å²) in [6.45, 7) is 0. The SMILES string of the molecule is O=C(O)C1(C(=O)O)Cc2nccc(F)c2C1. The van der Waals surface area contributed by atoms with Crippen molar-refractivity contribution in [2.24, 2.45) is 5.41 Å². The molecule has 16 heavy (non-hydrogen) atoms. The minimum Gasteiger partial charge on any atom is -0.480 e. The molecule has 0 saturated carbocycles. The van der Waals surface area contributed by atoms with Crippen LogP contribution in [0.5, 0.6) is 0 Å². The number of fused-ring (bicyclic) bond motifs is 1. The van der Waals surface area contributed by atoms with Crippen molar-refractivity contribution in [3.8, 4) is 0 Å². The van der Waals surface area contributed by atoms with Crippen LogP contribution in [0.3, 0.4) is 0 Å². The van der Waals surface area contributed by atoms with Crippen molar-refractivity contribution in [2.75, 3.05) is 0 Å². The summed E-state index contributed by atoms with van der Waals surface area (Å²) in [5, 5.41) is 17.9. The standard InChI is InChI=1S/C10H8FNO4/c11-6-1-2-12-7-4-10(8(13)14,9(15)16)3-5(6)7/h1-2H,3-4H2,(H,13,14)(H,15,16). The van der Waals surface area contributed by atoms with E-state index in [1.807, 2.05) is 0 Å². The van der Waals surface area contributed by atoms with Crippen molar-refractivity contribution in [3.05, 3.63) is 29.3 Å². The van der Waals surface area contributed by atoms with Gasteiger partial charge < -0.3 is 10.2 Å². The van der Waals surface area contributed by atoms with Crippen LogP contribution in [-0.2, 0) is 22.4 Å². The number of hydrogen-bond acceptors (Lipinski definition) is 3. The molecule has 0 aliphatic heterocycles. The number of rotatable bonds is 2. The van der Waals surface area contributed by atoms with E-state index in [1.54, 1.807) is 0 Å². The largest absolute Gasteiger partial charge is 0.480 e. The van der Waals surface area contributed by atoms with E-state index in [0.29, 0.717) is 0 Å². The van der Waals surface area contributed by atoms with E-state index in [9.17, 15) is 14.0 Å². The molecule has 0 amide bonds. The van der Waals surface area contributed by atoms with Gasteiger partial charge in [0.1, 0.15) is 5.82 Å². The van der Waals surface area contributed by atoms with E-state index in [0.717, 1.165) is 6.07 Å². The Bertz CT molecular complexity index is 472. The zero-order valence-corrected chi connectivity index (χ0v) is 8.11. The summed E-state index contributed by atoms with van der Waals surface area (Å²) >= 11 is 0. The van der Waals surface area contributed by atoms with Gasteiger partial charge in [-0.3, -0.25) is 14.6 Å². The third-order valence-electron chi connectivity index (χ3n) is 2.85. The van der Waals surface area contributed by atoms with Crippen LogP contribution < -0.4 is 0 Å². The molecule has 1 aliphatic rings. The van der Waals surface area contributed by atoms with Crippen LogP contribution in [0, 0.1) is 11.2 Å². The van der Waals surface area contributed by atoms with E-state index in [1.165, 1.54) is 6.20 Å². The van der Waals surface area contributed by atoms with Crippen LogP contribution >= 0.6 is 0 Å². The molecule has 0 unspecified atom stereocenters. The van der Waals surface area contributed by atoms with Gasteiger partial charge in [0, 0.05) is 30.3 Å². The Labute approximate surface area is 89.5 Å². The quantitative estimate of drug-likeness (QED) is 0.714. The Morgan fingerprint density at radius 2 is 1.94 bits per heavy atom. The smallest absolute Gasteiger partial charge is 0.321 e. The molecule has 1 aromatic rings. The van der Waals surface area contributed by atoms with Crippen molar-refractivity contribution < 1.29 is 24.2 Å². The molecule has 1 heterocycles. The topological polar surface area (TPSA) is 87.5 Å². The van der Waals surface area contributed by atoms with Gasteiger partial charge >= 0.3 is 11.9 Å². The number of carbonyl (C=O) groups is 2. The molecule has 0 fully saturated rings. The van der Waals surface area contributed by atoms with E-state index < -0.39 is 23.2 Å². The summed E-state index contributed by atoms with van der Waals surface area (Å²) < 4.78 is 13.3. The van der Waals surface area contributed by atoms with Gasteiger partial charge in [0.05, 0.1) is 0 Å². The van der Waals surface area contributed by atoms with E-state index in [2.05, 4.69) is 4.98 Å². The number of carboxylic acid groups (broad SMARTS) is 2. The second-order valence-corrected chi connectivity index (χ2v) is 3.76. The molecular formula is C10H8FNO4. The summed E-state index contributed by atoms with van der Waals surface area (Å²) in [6, 6.07) is 1.10. The third kappa shape index (κ3) is 1.26. The zero-order valence-electron chi connectivity index (χ0n) is 8.11. The van der Waals surface area contributed by atoms with Gasteiger partial charge in [-0.05, 0) is 6.07 Å². The van der Waals surface area contributed by atoms with Gasteiger partial charge in [-0.25, -0.2) is 4.39 Å². The average molecular weight is 225 g/mol. The van der Waals surface area contributed by atoms with Crippen molar-refractivity contribution in [3.63, 3.8) is 0 Å². The van der Waals surface area contributed by atoms with Gasteiger partial charge in [-0.15, -0.1) is 0 Å². The Hall–Kier alpha value is -1.98. The Morgan fingerprint density at radius 3 is 2.44 bits per heavy atom. The number of aromatic nitrogens is 1. The normalized spacial score (nSPS) is 16.8. The van der Waals surface area contributed by atoms with Crippen molar-refractivity contribution in [1.82, 2.24) is 4.98 Å². The lowest BCUT2D eigenvalue weighted by molar-refractivity contribution is -0.163. The van der Waals surface area contributed by atoms with E-state index >= 15 is 0 Å². The Morgan fingerprint density at radius 1 is 1.31 bits per heavy atom. The van der Waals surface area contributed by atoms with Gasteiger partial charge in [-0.2, -0.15) is 0 Å². The lowest BCUT2D eigenvalue weighted by atomic mass is 9.85. The van der Waals surface area contributed by atoms with Crippen molar-refractivity contribution >= 4 is 11.9 Å². The molecule has 0 saturated heterocycles. The first-order valence-corrected chi connectivity index (χ1v) is 4.56. The summed E-state index contributed by atoms with van der Waals surface area (Å²) in [5.74, 6) is -3.52. The maximum atomic E-state index is 13.3. The van der Waals surface area contributed by atoms with Gasteiger partial charge in [-0.1, -0.05) is 0 Å². The zero-order chi connectivity index (χ0) is 11.9. The first kappa shape index (κ1) is 10.5. The molecule has 1 aliphatic carbocycles. The molecule has 0 spiro atoms. The molecule has 0 aromatic carbocycles. The summed E-state index contributed by atoms with van der Waals surface area (Å²) in [7, 11) is 0. The van der Waals surface area contributed by atoms with E-state index in [-0.39, 0.29) is 24.1 Å². The molecular weight excluding hydrogens is 217 g/mol. The highest BCUT2D eigenvalue weighted by atomic mass is 19.1. The number of nitrogens with zero attached hydrogens (tertiary/aromatic N) is 1. The fourth-order valence-corrected chi connectivity index (χ4v) is 1.89. The summed E-state index contributed by atoms with van der Waals surface area (Å²) in [4.78, 5) is 25.8. The van der Waals surface area contributed by atoms with Gasteiger partial charge in [0.15, 0.2) is 5.41 Å². The van der Waals surface area contributed by atoms with Crippen LogP contribution in [0.4, 0.5) is 4.39 Å². The molecule has 0 bridgehead atoms. The molecule has 2 N–H and O–H groups in total. The molecule has 2 rings (SSSR count). The van der Waals surface area contributed by atoms with Crippen LogP contribution in [0.1, 0.15) is 11.3 Å². The number of carboxylic acids is 2.